The Labute approximate surface area is 121 Å². The van der Waals surface area contributed by atoms with Crippen LogP contribution in [-0.4, -0.2) is 13.6 Å². The Morgan fingerprint density at radius 2 is 2.28 bits per heavy atom. The van der Waals surface area contributed by atoms with Crippen molar-refractivity contribution < 1.29 is 12.9 Å². The van der Waals surface area contributed by atoms with E-state index in [2.05, 4.69) is 25.8 Å². The largest absolute Gasteiger partial charge is 0.360 e. The number of rotatable bonds is 4. The van der Waals surface area contributed by atoms with Crippen LogP contribution in [0.15, 0.2) is 24.7 Å². The van der Waals surface area contributed by atoms with Gasteiger partial charge in [-0.25, -0.2) is 13.1 Å². The van der Waals surface area contributed by atoms with E-state index >= 15 is 0 Å². The first-order valence-electron chi connectivity index (χ1n) is 4.75. The van der Waals surface area contributed by atoms with Gasteiger partial charge in [0.1, 0.15) is 4.21 Å². The fourth-order valence-electron chi connectivity index (χ4n) is 1.20. The van der Waals surface area contributed by atoms with E-state index in [0.29, 0.717) is 20.3 Å². The zero-order chi connectivity index (χ0) is 13.3. The Balaban J connectivity index is 2.12. The number of thiophene rings is 1. The number of halogens is 2. The molecule has 0 spiro atoms. The summed E-state index contributed by atoms with van der Waals surface area (Å²) < 4.78 is 31.9. The predicted molar refractivity (Wildman–Crippen MR) is 72.3 cm³/mol. The maximum absolute atomic E-state index is 11.9. The lowest BCUT2D eigenvalue weighted by Gasteiger charge is -2.01. The molecule has 2 aromatic rings. The van der Waals surface area contributed by atoms with E-state index < -0.39 is 10.0 Å². The molecule has 0 bridgehead atoms. The highest BCUT2D eigenvalue weighted by atomic mass is 79.9. The number of hydrogen-bond donors (Lipinski definition) is 1. The molecule has 0 aliphatic heterocycles. The van der Waals surface area contributed by atoms with Crippen molar-refractivity contribution in [3.8, 4) is 0 Å². The van der Waals surface area contributed by atoms with Crippen molar-refractivity contribution in [2.45, 2.75) is 17.7 Å². The van der Waals surface area contributed by atoms with Crippen LogP contribution < -0.4 is 4.72 Å². The maximum Gasteiger partial charge on any atom is 0.250 e. The van der Waals surface area contributed by atoms with E-state index in [1.165, 1.54) is 6.07 Å². The minimum Gasteiger partial charge on any atom is -0.360 e. The molecule has 0 aliphatic carbocycles. The maximum atomic E-state index is 11.9. The molecule has 0 atom stereocenters. The average molecular weight is 372 g/mol. The molecular weight excluding hydrogens is 364 g/mol. The van der Waals surface area contributed by atoms with Crippen LogP contribution in [0.25, 0.3) is 0 Å². The predicted octanol–water partition coefficient (Wildman–Crippen LogP) is 2.94. The van der Waals surface area contributed by atoms with Crippen LogP contribution in [0.5, 0.6) is 0 Å². The molecule has 18 heavy (non-hydrogen) atoms. The molecule has 0 aliphatic rings. The van der Waals surface area contributed by atoms with Crippen molar-refractivity contribution in [2.75, 3.05) is 0 Å². The minimum absolute atomic E-state index is 0.0519. The fraction of sp³-hybridized carbons (Fsp3) is 0.222. The molecule has 2 rings (SSSR count). The molecule has 2 aromatic heterocycles. The van der Waals surface area contributed by atoms with Gasteiger partial charge in [0.15, 0.2) is 5.76 Å². The van der Waals surface area contributed by atoms with Gasteiger partial charge in [0.05, 0.1) is 21.0 Å². The SMILES string of the molecule is Cc1cc(CNS(=O)(=O)c2cc(Cl)c(Br)s2)on1. The summed E-state index contributed by atoms with van der Waals surface area (Å²) in [6.07, 6.45) is 0. The molecule has 1 N–H and O–H groups in total. The Morgan fingerprint density at radius 3 is 2.78 bits per heavy atom. The van der Waals surface area contributed by atoms with Gasteiger partial charge in [-0.15, -0.1) is 11.3 Å². The quantitative estimate of drug-likeness (QED) is 0.897. The summed E-state index contributed by atoms with van der Waals surface area (Å²) in [5, 5.41) is 4.04. The number of aryl methyl sites for hydroxylation is 1. The summed E-state index contributed by atoms with van der Waals surface area (Å²) in [7, 11) is -3.58. The number of hydrogen-bond acceptors (Lipinski definition) is 5. The summed E-state index contributed by atoms with van der Waals surface area (Å²) in [5.74, 6) is 0.456. The first kappa shape index (κ1) is 14.0. The Bertz CT molecular complexity index is 646. The average Bonchev–Trinajstić information content (AvgIpc) is 2.84. The van der Waals surface area contributed by atoms with Gasteiger partial charge in [-0.2, -0.15) is 0 Å². The van der Waals surface area contributed by atoms with Gasteiger partial charge in [0.25, 0.3) is 10.0 Å². The first-order valence-corrected chi connectivity index (χ1v) is 8.22. The molecular formula is C9H8BrClN2O3S2. The van der Waals surface area contributed by atoms with Crippen molar-refractivity contribution in [3.63, 3.8) is 0 Å². The van der Waals surface area contributed by atoms with Crippen molar-refractivity contribution >= 4 is 48.9 Å². The lowest BCUT2D eigenvalue weighted by molar-refractivity contribution is 0.377. The third-order valence-corrected chi connectivity index (χ3v) is 6.35. The second-order valence-corrected chi connectivity index (χ2v) is 8.22. The molecule has 2 heterocycles. The van der Waals surface area contributed by atoms with E-state index in [0.717, 1.165) is 11.3 Å². The van der Waals surface area contributed by atoms with E-state index in [1.807, 2.05) is 0 Å². The van der Waals surface area contributed by atoms with Crippen LogP contribution in [0.2, 0.25) is 5.02 Å². The summed E-state index contributed by atoms with van der Waals surface area (Å²) in [4.78, 5) is 0. The normalized spacial score (nSPS) is 11.9. The van der Waals surface area contributed by atoms with Crippen LogP contribution in [0.4, 0.5) is 0 Å². The molecule has 0 saturated carbocycles. The zero-order valence-corrected chi connectivity index (χ0v) is 13.1. The zero-order valence-electron chi connectivity index (χ0n) is 9.11. The number of sulfonamides is 1. The molecule has 0 amide bonds. The van der Waals surface area contributed by atoms with Crippen molar-refractivity contribution in [1.82, 2.24) is 9.88 Å². The van der Waals surface area contributed by atoms with Gasteiger partial charge < -0.3 is 4.52 Å². The van der Waals surface area contributed by atoms with Crippen molar-refractivity contribution in [3.05, 3.63) is 32.4 Å². The molecule has 0 saturated heterocycles. The van der Waals surface area contributed by atoms with E-state index in [4.69, 9.17) is 16.1 Å². The molecule has 0 unspecified atom stereocenters. The minimum atomic E-state index is -3.58. The van der Waals surface area contributed by atoms with Crippen LogP contribution >= 0.6 is 38.9 Å². The fourth-order valence-corrected chi connectivity index (χ4v) is 4.63. The van der Waals surface area contributed by atoms with E-state index in [-0.39, 0.29) is 10.8 Å². The highest BCUT2D eigenvalue weighted by Gasteiger charge is 2.19. The van der Waals surface area contributed by atoms with Crippen LogP contribution in [-0.2, 0) is 16.6 Å². The van der Waals surface area contributed by atoms with Crippen LogP contribution in [0, 0.1) is 6.92 Å². The van der Waals surface area contributed by atoms with E-state index in [1.54, 1.807) is 13.0 Å². The second-order valence-electron chi connectivity index (χ2n) is 3.45. The highest BCUT2D eigenvalue weighted by Crippen LogP contribution is 2.34. The Morgan fingerprint density at radius 1 is 1.56 bits per heavy atom. The van der Waals surface area contributed by atoms with Gasteiger partial charge in [-0.05, 0) is 28.9 Å². The number of nitrogens with zero attached hydrogens (tertiary/aromatic N) is 1. The molecule has 5 nitrogen and oxygen atoms in total. The third-order valence-electron chi connectivity index (χ3n) is 2.00. The van der Waals surface area contributed by atoms with Gasteiger partial charge in [0, 0.05) is 6.07 Å². The van der Waals surface area contributed by atoms with Crippen LogP contribution in [0.1, 0.15) is 11.5 Å². The molecule has 0 fully saturated rings. The monoisotopic (exact) mass is 370 g/mol. The summed E-state index contributed by atoms with van der Waals surface area (Å²) in [6, 6.07) is 3.06. The van der Waals surface area contributed by atoms with Crippen molar-refractivity contribution in [1.29, 1.82) is 0 Å². The van der Waals surface area contributed by atoms with Gasteiger partial charge >= 0.3 is 0 Å². The van der Waals surface area contributed by atoms with E-state index in [9.17, 15) is 8.42 Å². The molecule has 9 heteroatoms. The summed E-state index contributed by atoms with van der Waals surface area (Å²) in [5.41, 5.74) is 0.700. The van der Waals surface area contributed by atoms with Gasteiger partial charge in [-0.3, -0.25) is 0 Å². The highest BCUT2D eigenvalue weighted by molar-refractivity contribution is 9.11. The Kier molecular flexibility index (Phi) is 4.12. The molecule has 0 radical (unpaired) electrons. The van der Waals surface area contributed by atoms with Gasteiger partial charge in [-0.1, -0.05) is 16.8 Å². The smallest absolute Gasteiger partial charge is 0.250 e. The second kappa shape index (κ2) is 5.30. The molecule has 0 aromatic carbocycles. The number of aromatic nitrogens is 1. The van der Waals surface area contributed by atoms with Crippen LogP contribution in [0.3, 0.4) is 0 Å². The lowest BCUT2D eigenvalue weighted by atomic mass is 10.4. The molecule has 98 valence electrons. The third kappa shape index (κ3) is 3.12. The topological polar surface area (TPSA) is 72.2 Å². The van der Waals surface area contributed by atoms with Crippen molar-refractivity contribution in [2.24, 2.45) is 0 Å². The Hall–Kier alpha value is -0.410. The van der Waals surface area contributed by atoms with Gasteiger partial charge in [0.2, 0.25) is 0 Å². The summed E-state index contributed by atoms with van der Waals surface area (Å²) in [6.45, 7) is 1.81. The summed E-state index contributed by atoms with van der Waals surface area (Å²) >= 11 is 10.0. The number of nitrogens with one attached hydrogen (secondary N) is 1. The standard InChI is InChI=1S/C9H8BrClN2O3S2/c1-5-2-6(16-13-5)4-12-18(14,15)8-3-7(11)9(10)17-8/h2-3,12H,4H2,1H3. The lowest BCUT2D eigenvalue weighted by Crippen LogP contribution is -2.22. The first-order chi connectivity index (χ1) is 8.38.